The molecular formula is C16H10IN. The number of hydrogen-bond acceptors (Lipinski definition) is 1. The first-order valence-electron chi connectivity index (χ1n) is 5.87. The number of halogens is 1. The van der Waals surface area contributed by atoms with Crippen LogP contribution in [0.1, 0.15) is 0 Å². The van der Waals surface area contributed by atoms with Gasteiger partial charge in [-0.25, -0.2) is 0 Å². The Morgan fingerprint density at radius 2 is 1.44 bits per heavy atom. The molecule has 2 N–H and O–H groups in total. The highest BCUT2D eigenvalue weighted by molar-refractivity contribution is 14.1. The summed E-state index contributed by atoms with van der Waals surface area (Å²) in [6, 6.07) is 17.3. The average molecular weight is 343 g/mol. The van der Waals surface area contributed by atoms with Crippen LogP contribution >= 0.6 is 22.6 Å². The van der Waals surface area contributed by atoms with Crippen molar-refractivity contribution < 1.29 is 0 Å². The summed E-state index contributed by atoms with van der Waals surface area (Å²) in [5, 5.41) is 7.63. The van der Waals surface area contributed by atoms with Crippen LogP contribution in [-0.2, 0) is 0 Å². The first-order chi connectivity index (χ1) is 8.75. The molecule has 0 saturated carbocycles. The van der Waals surface area contributed by atoms with Crippen LogP contribution in [0.5, 0.6) is 0 Å². The molecule has 86 valence electrons. The normalized spacial score (nSPS) is 11.8. The van der Waals surface area contributed by atoms with E-state index in [1.54, 1.807) is 0 Å². The molecule has 0 fully saturated rings. The van der Waals surface area contributed by atoms with Crippen LogP contribution in [0.15, 0.2) is 48.5 Å². The summed E-state index contributed by atoms with van der Waals surface area (Å²) >= 11 is 2.31. The zero-order valence-corrected chi connectivity index (χ0v) is 11.7. The lowest BCUT2D eigenvalue weighted by Gasteiger charge is -2.13. The lowest BCUT2D eigenvalue weighted by Crippen LogP contribution is -1.93. The fourth-order valence-electron chi connectivity index (χ4n) is 2.80. The van der Waals surface area contributed by atoms with E-state index in [4.69, 9.17) is 5.73 Å². The third-order valence-corrected chi connectivity index (χ3v) is 4.53. The number of hydrogen-bond donors (Lipinski definition) is 1. The van der Waals surface area contributed by atoms with Crippen LogP contribution in [-0.4, -0.2) is 0 Å². The van der Waals surface area contributed by atoms with Crippen molar-refractivity contribution in [3.63, 3.8) is 0 Å². The van der Waals surface area contributed by atoms with E-state index < -0.39 is 0 Å². The number of benzene rings is 4. The average Bonchev–Trinajstić information content (AvgIpc) is 2.40. The predicted octanol–water partition coefficient (Wildman–Crippen LogP) is 4.77. The van der Waals surface area contributed by atoms with Gasteiger partial charge >= 0.3 is 0 Å². The van der Waals surface area contributed by atoms with E-state index in [9.17, 15) is 0 Å². The van der Waals surface area contributed by atoms with Crippen molar-refractivity contribution >= 4 is 60.6 Å². The highest BCUT2D eigenvalue weighted by Gasteiger charge is 2.11. The Kier molecular flexibility index (Phi) is 2.01. The molecule has 0 aliphatic rings. The first-order valence-corrected chi connectivity index (χ1v) is 6.95. The molecule has 0 amide bonds. The van der Waals surface area contributed by atoms with Crippen molar-refractivity contribution in [2.24, 2.45) is 0 Å². The summed E-state index contributed by atoms with van der Waals surface area (Å²) in [6.07, 6.45) is 0. The topological polar surface area (TPSA) is 26.0 Å². The summed E-state index contributed by atoms with van der Waals surface area (Å²) < 4.78 is 1.12. The van der Waals surface area contributed by atoms with Gasteiger partial charge in [-0.15, -0.1) is 0 Å². The Hall–Kier alpha value is -1.55. The minimum Gasteiger partial charge on any atom is -0.397 e. The molecule has 4 aromatic rings. The highest BCUT2D eigenvalue weighted by atomic mass is 127. The molecule has 0 saturated heterocycles. The molecule has 4 aromatic carbocycles. The molecular weight excluding hydrogens is 333 g/mol. The van der Waals surface area contributed by atoms with Crippen molar-refractivity contribution in [1.82, 2.24) is 0 Å². The summed E-state index contributed by atoms with van der Waals surface area (Å²) in [5.74, 6) is 0. The molecule has 0 aliphatic carbocycles. The van der Waals surface area contributed by atoms with E-state index >= 15 is 0 Å². The second kappa shape index (κ2) is 3.48. The fourth-order valence-corrected chi connectivity index (χ4v) is 3.42. The predicted molar refractivity (Wildman–Crippen MR) is 87.3 cm³/mol. The molecule has 0 heterocycles. The highest BCUT2D eigenvalue weighted by Crippen LogP contribution is 2.38. The monoisotopic (exact) mass is 343 g/mol. The third kappa shape index (κ3) is 1.21. The molecule has 0 aliphatic heterocycles. The SMILES string of the molecule is Nc1c(I)cc2ccc3cccc4ccc1c2c34. The Balaban J connectivity index is 2.46. The number of nitrogen functional groups attached to an aromatic ring is 1. The molecule has 0 radical (unpaired) electrons. The maximum atomic E-state index is 6.22. The summed E-state index contributed by atoms with van der Waals surface area (Å²) in [7, 11) is 0. The van der Waals surface area contributed by atoms with Crippen molar-refractivity contribution in [3.8, 4) is 0 Å². The molecule has 0 atom stereocenters. The fraction of sp³-hybridized carbons (Fsp3) is 0. The molecule has 2 heteroatoms. The zero-order valence-electron chi connectivity index (χ0n) is 9.57. The molecule has 0 bridgehead atoms. The van der Waals surface area contributed by atoms with Gasteiger partial charge in [0.25, 0.3) is 0 Å². The van der Waals surface area contributed by atoms with Gasteiger partial charge in [-0.1, -0.05) is 42.5 Å². The Morgan fingerprint density at radius 1 is 0.778 bits per heavy atom. The van der Waals surface area contributed by atoms with E-state index in [-0.39, 0.29) is 0 Å². The number of nitrogens with two attached hydrogens (primary N) is 1. The van der Waals surface area contributed by atoms with E-state index in [0.717, 1.165) is 9.26 Å². The van der Waals surface area contributed by atoms with Crippen LogP contribution < -0.4 is 5.73 Å². The van der Waals surface area contributed by atoms with Crippen LogP contribution in [0.3, 0.4) is 0 Å². The van der Waals surface area contributed by atoms with Crippen LogP contribution in [0.4, 0.5) is 5.69 Å². The lowest BCUT2D eigenvalue weighted by molar-refractivity contribution is 1.71. The molecule has 18 heavy (non-hydrogen) atoms. The zero-order chi connectivity index (χ0) is 12.3. The Morgan fingerprint density at radius 3 is 2.22 bits per heavy atom. The van der Waals surface area contributed by atoms with Crippen molar-refractivity contribution in [1.29, 1.82) is 0 Å². The van der Waals surface area contributed by atoms with E-state index in [1.165, 1.54) is 32.3 Å². The van der Waals surface area contributed by atoms with Crippen molar-refractivity contribution in [3.05, 3.63) is 52.1 Å². The summed E-state index contributed by atoms with van der Waals surface area (Å²) in [5.41, 5.74) is 7.11. The second-order valence-electron chi connectivity index (χ2n) is 4.63. The third-order valence-electron chi connectivity index (χ3n) is 3.64. The molecule has 4 rings (SSSR count). The van der Waals surface area contributed by atoms with E-state index in [1.807, 2.05) is 0 Å². The maximum absolute atomic E-state index is 6.22. The van der Waals surface area contributed by atoms with Gasteiger partial charge in [0.2, 0.25) is 0 Å². The maximum Gasteiger partial charge on any atom is 0.0530 e. The van der Waals surface area contributed by atoms with E-state index in [0.29, 0.717) is 0 Å². The minimum atomic E-state index is 0.890. The van der Waals surface area contributed by atoms with E-state index in [2.05, 4.69) is 71.1 Å². The summed E-state index contributed by atoms with van der Waals surface area (Å²) in [6.45, 7) is 0. The van der Waals surface area contributed by atoms with Crippen molar-refractivity contribution in [2.75, 3.05) is 5.73 Å². The van der Waals surface area contributed by atoms with Gasteiger partial charge in [-0.3, -0.25) is 0 Å². The number of rotatable bonds is 0. The van der Waals surface area contributed by atoms with Gasteiger partial charge in [0.05, 0.1) is 5.69 Å². The summed E-state index contributed by atoms with van der Waals surface area (Å²) in [4.78, 5) is 0. The van der Waals surface area contributed by atoms with Crippen molar-refractivity contribution in [2.45, 2.75) is 0 Å². The van der Waals surface area contributed by atoms with Gasteiger partial charge in [0.15, 0.2) is 0 Å². The van der Waals surface area contributed by atoms with Crippen LogP contribution in [0.2, 0.25) is 0 Å². The first kappa shape index (κ1) is 10.4. The Bertz CT molecular complexity index is 880. The van der Waals surface area contributed by atoms with Crippen LogP contribution in [0.25, 0.3) is 32.3 Å². The standard InChI is InChI=1S/C16H10IN/c17-13-8-11-5-4-9-2-1-3-10-6-7-12(16(13)18)15(11)14(9)10/h1-8H,18H2. The quantitative estimate of drug-likeness (QED) is 0.278. The minimum absolute atomic E-state index is 0.890. The molecule has 0 aromatic heterocycles. The van der Waals surface area contributed by atoms with Gasteiger partial charge in [0.1, 0.15) is 0 Å². The molecule has 0 spiro atoms. The molecule has 1 nitrogen and oxygen atoms in total. The molecule has 0 unspecified atom stereocenters. The van der Waals surface area contributed by atoms with Gasteiger partial charge in [-0.05, 0) is 55.6 Å². The number of anilines is 1. The van der Waals surface area contributed by atoms with Gasteiger partial charge in [0, 0.05) is 8.96 Å². The Labute approximate surface area is 118 Å². The van der Waals surface area contributed by atoms with Crippen LogP contribution in [0, 0.1) is 3.57 Å². The smallest absolute Gasteiger partial charge is 0.0530 e. The lowest BCUT2D eigenvalue weighted by atomic mass is 9.94. The second-order valence-corrected chi connectivity index (χ2v) is 5.79. The van der Waals surface area contributed by atoms with Gasteiger partial charge in [-0.2, -0.15) is 0 Å². The van der Waals surface area contributed by atoms with Gasteiger partial charge < -0.3 is 5.73 Å². The largest absolute Gasteiger partial charge is 0.397 e.